The number of ether oxygens (including phenoxy) is 1. The van der Waals surface area contributed by atoms with Gasteiger partial charge in [0.15, 0.2) is 0 Å². The summed E-state index contributed by atoms with van der Waals surface area (Å²) in [5.41, 5.74) is 0.569. The Bertz CT molecular complexity index is 756. The van der Waals surface area contributed by atoms with Crippen molar-refractivity contribution in [3.63, 3.8) is 0 Å². The van der Waals surface area contributed by atoms with Crippen molar-refractivity contribution in [2.75, 3.05) is 0 Å². The molecular formula is C23H27NO2. The highest BCUT2D eigenvalue weighted by Gasteiger charge is 2.42. The lowest BCUT2D eigenvalue weighted by atomic mass is 9.65. The molecule has 0 fully saturated rings. The van der Waals surface area contributed by atoms with Gasteiger partial charge in [0, 0.05) is 5.92 Å². The van der Waals surface area contributed by atoms with E-state index in [0.29, 0.717) is 6.42 Å². The molecule has 136 valence electrons. The predicted molar refractivity (Wildman–Crippen MR) is 104 cm³/mol. The number of hydrogen-bond donors (Lipinski definition) is 0. The van der Waals surface area contributed by atoms with Crippen LogP contribution in [0.5, 0.6) is 0 Å². The van der Waals surface area contributed by atoms with Gasteiger partial charge in [-0.05, 0) is 38.3 Å². The molecule has 0 saturated heterocycles. The van der Waals surface area contributed by atoms with Gasteiger partial charge < -0.3 is 4.74 Å². The summed E-state index contributed by atoms with van der Waals surface area (Å²) in [5.74, 6) is -0.564. The normalized spacial score (nSPS) is 14.7. The molecule has 0 aromatic heterocycles. The first-order chi connectivity index (χ1) is 12.3. The molecule has 2 atom stereocenters. The molecule has 0 heterocycles. The molecule has 0 unspecified atom stereocenters. The molecule has 0 aliphatic heterocycles. The van der Waals surface area contributed by atoms with E-state index >= 15 is 0 Å². The van der Waals surface area contributed by atoms with E-state index in [0.717, 1.165) is 11.1 Å². The van der Waals surface area contributed by atoms with Gasteiger partial charge in [-0.3, -0.25) is 4.79 Å². The third-order valence-electron chi connectivity index (χ3n) is 4.63. The second-order valence-electron chi connectivity index (χ2n) is 7.56. The highest BCUT2D eigenvalue weighted by Crippen LogP contribution is 2.44. The van der Waals surface area contributed by atoms with Crippen molar-refractivity contribution < 1.29 is 9.53 Å². The molecule has 0 aliphatic rings. The molecule has 0 bridgehead atoms. The zero-order valence-corrected chi connectivity index (χ0v) is 16.0. The Morgan fingerprint density at radius 2 is 1.58 bits per heavy atom. The molecule has 0 N–H and O–H groups in total. The van der Waals surface area contributed by atoms with Crippen LogP contribution in [0.4, 0.5) is 0 Å². The van der Waals surface area contributed by atoms with Crippen LogP contribution in [0.25, 0.3) is 0 Å². The van der Waals surface area contributed by atoms with Gasteiger partial charge in [0.05, 0.1) is 17.9 Å². The van der Waals surface area contributed by atoms with Crippen LogP contribution in [0.1, 0.15) is 57.6 Å². The van der Waals surface area contributed by atoms with Gasteiger partial charge in [-0.15, -0.1) is 0 Å². The fourth-order valence-electron chi connectivity index (χ4n) is 3.42. The summed E-state index contributed by atoms with van der Waals surface area (Å²) in [6.07, 6.45) is 0.771. The molecule has 0 radical (unpaired) electrons. The first kappa shape index (κ1) is 19.7. The van der Waals surface area contributed by atoms with E-state index in [1.807, 2.05) is 88.4 Å². The predicted octanol–water partition coefficient (Wildman–Crippen LogP) is 5.37. The summed E-state index contributed by atoms with van der Waals surface area (Å²) < 4.78 is 5.56. The Morgan fingerprint density at radius 1 is 1.04 bits per heavy atom. The number of carbonyl (C=O) groups is 1. The van der Waals surface area contributed by atoms with Crippen molar-refractivity contribution in [1.82, 2.24) is 0 Å². The van der Waals surface area contributed by atoms with Crippen LogP contribution in [0.3, 0.4) is 0 Å². The first-order valence-electron chi connectivity index (χ1n) is 9.06. The van der Waals surface area contributed by atoms with Crippen molar-refractivity contribution in [2.24, 2.45) is 0 Å². The van der Waals surface area contributed by atoms with Crippen LogP contribution >= 0.6 is 0 Å². The third kappa shape index (κ3) is 4.52. The van der Waals surface area contributed by atoms with Gasteiger partial charge in [0.2, 0.25) is 0 Å². The van der Waals surface area contributed by atoms with Crippen molar-refractivity contribution >= 4 is 5.97 Å². The van der Waals surface area contributed by atoms with E-state index in [4.69, 9.17) is 4.74 Å². The fraction of sp³-hybridized carbons (Fsp3) is 0.391. The van der Waals surface area contributed by atoms with E-state index in [-0.39, 0.29) is 18.3 Å². The highest BCUT2D eigenvalue weighted by molar-refractivity contribution is 5.72. The van der Waals surface area contributed by atoms with Crippen LogP contribution in [-0.4, -0.2) is 11.6 Å². The smallest absolute Gasteiger partial charge is 0.306 e. The number of nitrogens with zero attached hydrogens (tertiary/aromatic N) is 1. The maximum Gasteiger partial charge on any atom is 0.306 e. The Morgan fingerprint density at radius 3 is 2.04 bits per heavy atom. The minimum Gasteiger partial charge on any atom is -0.460 e. The summed E-state index contributed by atoms with van der Waals surface area (Å²) in [5, 5.41) is 10.2. The molecule has 0 amide bonds. The lowest BCUT2D eigenvalue weighted by Crippen LogP contribution is -2.35. The van der Waals surface area contributed by atoms with Gasteiger partial charge in [0.25, 0.3) is 0 Å². The van der Waals surface area contributed by atoms with E-state index in [2.05, 4.69) is 6.07 Å². The van der Waals surface area contributed by atoms with Crippen molar-refractivity contribution in [1.29, 1.82) is 5.26 Å². The van der Waals surface area contributed by atoms with Crippen molar-refractivity contribution in [3.8, 4) is 6.07 Å². The van der Waals surface area contributed by atoms with Gasteiger partial charge in [-0.1, -0.05) is 67.6 Å². The SMILES string of the molecule is CC[C@](C#N)(c1ccccc1)[C@H](CC(=O)OC(C)(C)C)c1ccccc1. The minimum absolute atomic E-state index is 0.164. The Kier molecular flexibility index (Phi) is 6.21. The van der Waals surface area contributed by atoms with Crippen LogP contribution < -0.4 is 0 Å². The standard InChI is InChI=1S/C23H27NO2/c1-5-23(17-24,19-14-10-7-11-15-19)20(18-12-8-6-9-13-18)16-21(25)26-22(2,3)4/h6-15,20H,5,16H2,1-4H3/t20-,23+/m1/s1. The Balaban J connectivity index is 2.51. The van der Waals surface area contributed by atoms with Gasteiger partial charge >= 0.3 is 5.97 Å². The maximum atomic E-state index is 12.6. The number of carbonyl (C=O) groups excluding carboxylic acids is 1. The molecule has 0 spiro atoms. The topological polar surface area (TPSA) is 50.1 Å². The van der Waals surface area contributed by atoms with E-state index < -0.39 is 11.0 Å². The monoisotopic (exact) mass is 349 g/mol. The number of esters is 1. The van der Waals surface area contributed by atoms with Crippen molar-refractivity contribution in [3.05, 3.63) is 71.8 Å². The average molecular weight is 349 g/mol. The second-order valence-corrected chi connectivity index (χ2v) is 7.56. The van der Waals surface area contributed by atoms with E-state index in [1.54, 1.807) is 0 Å². The third-order valence-corrected chi connectivity index (χ3v) is 4.63. The fourth-order valence-corrected chi connectivity index (χ4v) is 3.42. The zero-order chi connectivity index (χ0) is 19.2. The summed E-state index contributed by atoms with van der Waals surface area (Å²) >= 11 is 0. The summed E-state index contributed by atoms with van der Waals surface area (Å²) in [4.78, 5) is 12.6. The molecule has 0 aliphatic carbocycles. The molecule has 3 heteroatoms. The number of rotatable bonds is 6. The molecule has 3 nitrogen and oxygen atoms in total. The lowest BCUT2D eigenvalue weighted by molar-refractivity contribution is -0.155. The van der Waals surface area contributed by atoms with Crippen LogP contribution in [-0.2, 0) is 14.9 Å². The largest absolute Gasteiger partial charge is 0.460 e. The van der Waals surface area contributed by atoms with E-state index in [9.17, 15) is 10.1 Å². The first-order valence-corrected chi connectivity index (χ1v) is 9.06. The van der Waals surface area contributed by atoms with Crippen LogP contribution in [0, 0.1) is 11.3 Å². The van der Waals surface area contributed by atoms with E-state index in [1.165, 1.54) is 0 Å². The molecule has 26 heavy (non-hydrogen) atoms. The Labute approximate surface area is 156 Å². The Hall–Kier alpha value is -2.60. The highest BCUT2D eigenvalue weighted by atomic mass is 16.6. The second kappa shape index (κ2) is 8.19. The van der Waals surface area contributed by atoms with Crippen molar-refractivity contribution in [2.45, 2.75) is 57.5 Å². The van der Waals surface area contributed by atoms with Gasteiger partial charge in [-0.25, -0.2) is 0 Å². The molecular weight excluding hydrogens is 322 g/mol. The van der Waals surface area contributed by atoms with Gasteiger partial charge in [-0.2, -0.15) is 5.26 Å². The molecule has 2 aromatic rings. The minimum atomic E-state index is -0.792. The van der Waals surface area contributed by atoms with Crippen LogP contribution in [0.15, 0.2) is 60.7 Å². The summed E-state index contributed by atoms with van der Waals surface area (Å²) in [7, 11) is 0. The number of benzene rings is 2. The summed E-state index contributed by atoms with van der Waals surface area (Å²) in [6, 6.07) is 22.1. The van der Waals surface area contributed by atoms with Gasteiger partial charge in [0.1, 0.15) is 5.60 Å². The number of hydrogen-bond acceptors (Lipinski definition) is 3. The quantitative estimate of drug-likeness (QED) is 0.658. The maximum absolute atomic E-state index is 12.6. The molecule has 2 aromatic carbocycles. The molecule has 2 rings (SSSR count). The average Bonchev–Trinajstić information content (AvgIpc) is 2.62. The summed E-state index contributed by atoms with van der Waals surface area (Å²) in [6.45, 7) is 7.58. The zero-order valence-electron chi connectivity index (χ0n) is 16.0. The number of nitriles is 1. The molecule has 0 saturated carbocycles. The van der Waals surface area contributed by atoms with Crippen LogP contribution in [0.2, 0.25) is 0 Å². The lowest BCUT2D eigenvalue weighted by Gasteiger charge is -2.35.